The van der Waals surface area contributed by atoms with Gasteiger partial charge in [-0.05, 0) is 24.1 Å². The summed E-state index contributed by atoms with van der Waals surface area (Å²) in [5.74, 6) is -0.227. The van der Waals surface area contributed by atoms with Crippen LogP contribution >= 0.6 is 0 Å². The van der Waals surface area contributed by atoms with Crippen molar-refractivity contribution >= 4 is 0 Å². The molecule has 16 heavy (non-hydrogen) atoms. The summed E-state index contributed by atoms with van der Waals surface area (Å²) in [5, 5.41) is 3.35. The Morgan fingerprint density at radius 2 is 2.19 bits per heavy atom. The summed E-state index contributed by atoms with van der Waals surface area (Å²) in [6.07, 6.45) is 0.811. The lowest BCUT2D eigenvalue weighted by Crippen LogP contribution is -2.42. The number of halogens is 1. The lowest BCUT2D eigenvalue weighted by atomic mass is 10.00. The van der Waals surface area contributed by atoms with Crippen LogP contribution in [0.2, 0.25) is 0 Å². The van der Waals surface area contributed by atoms with Crippen LogP contribution in [0.3, 0.4) is 0 Å². The molecule has 1 aromatic rings. The van der Waals surface area contributed by atoms with Gasteiger partial charge in [0.25, 0.3) is 0 Å². The maximum absolute atomic E-state index is 12.7. The molecule has 2 unspecified atom stereocenters. The number of rotatable bonds is 3. The Balaban J connectivity index is 1.91. The molecular weight excluding hydrogens is 207 g/mol. The van der Waals surface area contributed by atoms with Gasteiger partial charge in [-0.1, -0.05) is 12.1 Å². The predicted molar refractivity (Wildman–Crippen MR) is 60.6 cm³/mol. The van der Waals surface area contributed by atoms with E-state index >= 15 is 0 Å². The van der Waals surface area contributed by atoms with E-state index in [-0.39, 0.29) is 11.9 Å². The number of nitrogens with one attached hydrogen (secondary N) is 1. The van der Waals surface area contributed by atoms with Gasteiger partial charge in [-0.2, -0.15) is 0 Å². The van der Waals surface area contributed by atoms with Crippen LogP contribution in [0.5, 0.6) is 0 Å². The van der Waals surface area contributed by atoms with Gasteiger partial charge in [-0.3, -0.25) is 0 Å². The van der Waals surface area contributed by atoms with Crippen LogP contribution < -0.4 is 11.1 Å². The first-order chi connectivity index (χ1) is 7.75. The maximum atomic E-state index is 12.7. The highest BCUT2D eigenvalue weighted by molar-refractivity contribution is 5.19. The van der Waals surface area contributed by atoms with Crippen molar-refractivity contribution < 1.29 is 9.13 Å². The molecular formula is C12H17FN2O. The summed E-state index contributed by atoms with van der Waals surface area (Å²) in [4.78, 5) is 0. The topological polar surface area (TPSA) is 47.3 Å². The van der Waals surface area contributed by atoms with Crippen molar-refractivity contribution in [2.24, 2.45) is 5.73 Å². The van der Waals surface area contributed by atoms with Crippen molar-refractivity contribution in [3.8, 4) is 0 Å². The van der Waals surface area contributed by atoms with Gasteiger partial charge in [0, 0.05) is 18.6 Å². The standard InChI is InChI=1S/C12H17FN2O/c13-10-3-1-9(2-4-10)12(14)7-11-8-16-6-5-15-11/h1-4,11-12,15H,5-8,14H2. The smallest absolute Gasteiger partial charge is 0.123 e. The van der Waals surface area contributed by atoms with Gasteiger partial charge < -0.3 is 15.8 Å². The van der Waals surface area contributed by atoms with E-state index in [4.69, 9.17) is 10.5 Å². The van der Waals surface area contributed by atoms with Crippen LogP contribution in [0.1, 0.15) is 18.0 Å². The molecule has 4 heteroatoms. The second-order valence-electron chi connectivity index (χ2n) is 4.12. The lowest BCUT2D eigenvalue weighted by Gasteiger charge is -2.26. The molecule has 1 fully saturated rings. The zero-order valence-electron chi connectivity index (χ0n) is 9.16. The van der Waals surface area contributed by atoms with Crippen LogP contribution in [-0.4, -0.2) is 25.8 Å². The zero-order valence-corrected chi connectivity index (χ0v) is 9.16. The van der Waals surface area contributed by atoms with Crippen LogP contribution in [0.4, 0.5) is 4.39 Å². The van der Waals surface area contributed by atoms with Crippen LogP contribution in [0, 0.1) is 5.82 Å². The van der Waals surface area contributed by atoms with Crippen LogP contribution in [0.25, 0.3) is 0 Å². The van der Waals surface area contributed by atoms with E-state index in [1.165, 1.54) is 12.1 Å². The van der Waals surface area contributed by atoms with E-state index in [2.05, 4.69) is 5.32 Å². The number of hydrogen-bond acceptors (Lipinski definition) is 3. The van der Waals surface area contributed by atoms with E-state index in [1.54, 1.807) is 12.1 Å². The first kappa shape index (κ1) is 11.5. The molecule has 2 rings (SSSR count). The number of hydrogen-bond donors (Lipinski definition) is 2. The number of nitrogens with two attached hydrogens (primary N) is 1. The Morgan fingerprint density at radius 1 is 1.44 bits per heavy atom. The number of benzene rings is 1. The molecule has 88 valence electrons. The molecule has 1 aliphatic heterocycles. The fourth-order valence-electron chi connectivity index (χ4n) is 1.92. The third-order valence-corrected chi connectivity index (χ3v) is 2.84. The van der Waals surface area contributed by atoms with E-state index in [1.807, 2.05) is 0 Å². The summed E-state index contributed by atoms with van der Waals surface area (Å²) >= 11 is 0. The molecule has 0 saturated carbocycles. The number of ether oxygens (including phenoxy) is 1. The molecule has 1 heterocycles. The van der Waals surface area contributed by atoms with Gasteiger partial charge in [0.15, 0.2) is 0 Å². The molecule has 3 N–H and O–H groups in total. The van der Waals surface area contributed by atoms with Gasteiger partial charge in [0.05, 0.1) is 13.2 Å². The van der Waals surface area contributed by atoms with Crippen molar-refractivity contribution in [3.63, 3.8) is 0 Å². The maximum Gasteiger partial charge on any atom is 0.123 e. The molecule has 1 saturated heterocycles. The molecule has 0 spiro atoms. The lowest BCUT2D eigenvalue weighted by molar-refractivity contribution is 0.0720. The van der Waals surface area contributed by atoms with Crippen molar-refractivity contribution in [2.75, 3.05) is 19.8 Å². The summed E-state index contributed by atoms with van der Waals surface area (Å²) in [7, 11) is 0. The van der Waals surface area contributed by atoms with Gasteiger partial charge in [0.2, 0.25) is 0 Å². The Hall–Kier alpha value is -0.970. The van der Waals surface area contributed by atoms with E-state index in [0.717, 1.165) is 25.1 Å². The molecule has 0 aromatic heterocycles. The average Bonchev–Trinajstić information content (AvgIpc) is 2.31. The third kappa shape index (κ3) is 3.01. The number of morpholine rings is 1. The minimum absolute atomic E-state index is 0.0696. The highest BCUT2D eigenvalue weighted by Gasteiger charge is 2.17. The van der Waals surface area contributed by atoms with Crippen molar-refractivity contribution in [3.05, 3.63) is 35.6 Å². The highest BCUT2D eigenvalue weighted by Crippen LogP contribution is 2.17. The normalized spacial score (nSPS) is 23.0. The fourth-order valence-corrected chi connectivity index (χ4v) is 1.92. The molecule has 0 aliphatic carbocycles. The Labute approximate surface area is 94.8 Å². The summed E-state index contributed by atoms with van der Waals surface area (Å²) < 4.78 is 18.1. The summed E-state index contributed by atoms with van der Waals surface area (Å²) in [5.41, 5.74) is 7.02. The second kappa shape index (κ2) is 5.39. The Morgan fingerprint density at radius 3 is 2.81 bits per heavy atom. The van der Waals surface area contributed by atoms with E-state index in [0.29, 0.717) is 12.6 Å². The van der Waals surface area contributed by atoms with Gasteiger partial charge in [-0.15, -0.1) is 0 Å². The molecule has 0 bridgehead atoms. The average molecular weight is 224 g/mol. The van der Waals surface area contributed by atoms with Gasteiger partial charge >= 0.3 is 0 Å². The van der Waals surface area contributed by atoms with Crippen LogP contribution in [0.15, 0.2) is 24.3 Å². The Bertz CT molecular complexity index is 322. The molecule has 0 radical (unpaired) electrons. The molecule has 2 atom stereocenters. The van der Waals surface area contributed by atoms with E-state index < -0.39 is 0 Å². The monoisotopic (exact) mass is 224 g/mol. The van der Waals surface area contributed by atoms with Crippen molar-refractivity contribution in [2.45, 2.75) is 18.5 Å². The summed E-state index contributed by atoms with van der Waals surface area (Å²) in [6.45, 7) is 2.35. The van der Waals surface area contributed by atoms with Crippen molar-refractivity contribution in [1.82, 2.24) is 5.32 Å². The zero-order chi connectivity index (χ0) is 11.4. The fraction of sp³-hybridized carbons (Fsp3) is 0.500. The molecule has 3 nitrogen and oxygen atoms in total. The minimum atomic E-state index is -0.227. The predicted octanol–water partition coefficient (Wildman–Crippen LogP) is 1.20. The first-order valence-electron chi connectivity index (χ1n) is 5.58. The highest BCUT2D eigenvalue weighted by atomic mass is 19.1. The van der Waals surface area contributed by atoms with Gasteiger partial charge in [-0.25, -0.2) is 4.39 Å². The quantitative estimate of drug-likeness (QED) is 0.811. The SMILES string of the molecule is NC(CC1COCCN1)c1ccc(F)cc1. The van der Waals surface area contributed by atoms with E-state index in [9.17, 15) is 4.39 Å². The van der Waals surface area contributed by atoms with Crippen molar-refractivity contribution in [1.29, 1.82) is 0 Å². The Kier molecular flexibility index (Phi) is 3.88. The largest absolute Gasteiger partial charge is 0.379 e. The second-order valence-corrected chi connectivity index (χ2v) is 4.12. The molecule has 0 amide bonds. The van der Waals surface area contributed by atoms with Gasteiger partial charge in [0.1, 0.15) is 5.82 Å². The third-order valence-electron chi connectivity index (χ3n) is 2.84. The molecule has 1 aliphatic rings. The summed E-state index contributed by atoms with van der Waals surface area (Å²) in [6, 6.07) is 6.60. The first-order valence-corrected chi connectivity index (χ1v) is 5.58. The van der Waals surface area contributed by atoms with Crippen LogP contribution in [-0.2, 0) is 4.74 Å². The molecule has 1 aromatic carbocycles. The minimum Gasteiger partial charge on any atom is -0.379 e.